The van der Waals surface area contributed by atoms with Crippen molar-refractivity contribution in [1.82, 2.24) is 4.31 Å². The van der Waals surface area contributed by atoms with E-state index in [0.717, 1.165) is 9.69 Å². The van der Waals surface area contributed by atoms with Crippen LogP contribution >= 0.6 is 0 Å². The molecule has 1 amide bonds. The van der Waals surface area contributed by atoms with E-state index in [9.17, 15) is 18.3 Å². The highest BCUT2D eigenvalue weighted by Gasteiger charge is 2.38. The van der Waals surface area contributed by atoms with Gasteiger partial charge in [0, 0.05) is 18.3 Å². The summed E-state index contributed by atoms with van der Waals surface area (Å²) in [6, 6.07) is 19.1. The summed E-state index contributed by atoms with van der Waals surface area (Å²) >= 11 is 0. The third kappa shape index (κ3) is 2.63. The molecule has 0 aliphatic carbocycles. The molecule has 4 rings (SSSR count). The average molecular weight is 380 g/mol. The molecular weight excluding hydrogens is 364 g/mol. The second kappa shape index (κ2) is 6.14. The van der Waals surface area contributed by atoms with E-state index in [1.807, 2.05) is 18.2 Å². The summed E-state index contributed by atoms with van der Waals surface area (Å²) in [6.45, 7) is 0. The number of hydrogen-bond donors (Lipinski definition) is 2. The second-order valence-corrected chi connectivity index (χ2v) is 8.09. The average Bonchev–Trinajstić information content (AvgIpc) is 2.67. The Labute approximate surface area is 156 Å². The first-order valence-corrected chi connectivity index (χ1v) is 9.66. The van der Waals surface area contributed by atoms with E-state index >= 15 is 0 Å². The number of rotatable bonds is 2. The minimum atomic E-state index is -3.96. The Kier molecular flexibility index (Phi) is 3.89. The number of fused-ring (bicyclic) bond motifs is 3. The van der Waals surface area contributed by atoms with Crippen LogP contribution in [0.3, 0.4) is 0 Å². The van der Waals surface area contributed by atoms with Gasteiger partial charge in [0.05, 0.1) is 4.90 Å². The van der Waals surface area contributed by atoms with Crippen LogP contribution in [0.25, 0.3) is 16.3 Å². The number of hydrogen-bond acceptors (Lipinski definition) is 4. The number of para-hydroxylation sites is 1. The third-order valence-electron chi connectivity index (χ3n) is 4.56. The molecule has 1 aliphatic rings. The molecule has 1 aliphatic heterocycles. The fourth-order valence-electron chi connectivity index (χ4n) is 3.19. The van der Waals surface area contributed by atoms with Crippen molar-refractivity contribution in [3.05, 3.63) is 78.2 Å². The molecule has 0 radical (unpaired) electrons. The van der Waals surface area contributed by atoms with Crippen LogP contribution in [0.4, 0.5) is 5.69 Å². The van der Waals surface area contributed by atoms with Gasteiger partial charge in [-0.3, -0.25) is 4.79 Å². The third-order valence-corrected chi connectivity index (χ3v) is 6.35. The van der Waals surface area contributed by atoms with Crippen molar-refractivity contribution in [2.24, 2.45) is 0 Å². The zero-order valence-corrected chi connectivity index (χ0v) is 15.2. The Hall–Kier alpha value is -3.32. The number of amides is 1. The summed E-state index contributed by atoms with van der Waals surface area (Å²) < 4.78 is 26.3. The van der Waals surface area contributed by atoms with Crippen LogP contribution in [-0.4, -0.2) is 30.8 Å². The van der Waals surface area contributed by atoms with Gasteiger partial charge in [0.25, 0.3) is 15.9 Å². The molecular formula is C20H16N2O4S. The van der Waals surface area contributed by atoms with Gasteiger partial charge >= 0.3 is 0 Å². The quantitative estimate of drug-likeness (QED) is 0.714. The van der Waals surface area contributed by atoms with Gasteiger partial charge < -0.3 is 10.4 Å². The summed E-state index contributed by atoms with van der Waals surface area (Å²) in [6.07, 6.45) is 0. The predicted molar refractivity (Wildman–Crippen MR) is 104 cm³/mol. The Balaban J connectivity index is 1.98. The number of benzene rings is 3. The molecule has 0 saturated carbocycles. The van der Waals surface area contributed by atoms with Gasteiger partial charge in [0.1, 0.15) is 5.57 Å². The van der Waals surface area contributed by atoms with Crippen LogP contribution in [0.1, 0.15) is 5.56 Å². The minimum Gasteiger partial charge on any atom is -0.493 e. The van der Waals surface area contributed by atoms with Crippen molar-refractivity contribution in [2.45, 2.75) is 4.90 Å². The molecule has 0 spiro atoms. The number of nitrogens with one attached hydrogen (secondary N) is 1. The van der Waals surface area contributed by atoms with Crippen LogP contribution in [0.2, 0.25) is 0 Å². The van der Waals surface area contributed by atoms with Crippen molar-refractivity contribution >= 4 is 38.0 Å². The zero-order valence-electron chi connectivity index (χ0n) is 14.4. The predicted octanol–water partition coefficient (Wildman–Crippen LogP) is 3.34. The molecule has 0 saturated heterocycles. The molecule has 136 valence electrons. The molecule has 3 aromatic carbocycles. The number of nitrogens with zero attached hydrogens (tertiary/aromatic N) is 1. The molecule has 27 heavy (non-hydrogen) atoms. The maximum Gasteiger partial charge on any atom is 0.267 e. The Morgan fingerprint density at radius 3 is 2.37 bits per heavy atom. The fourth-order valence-corrected chi connectivity index (χ4v) is 4.51. The van der Waals surface area contributed by atoms with E-state index in [1.165, 1.54) is 13.1 Å². The van der Waals surface area contributed by atoms with Gasteiger partial charge in [-0.15, -0.1) is 0 Å². The highest BCUT2D eigenvalue weighted by molar-refractivity contribution is 7.89. The summed E-state index contributed by atoms with van der Waals surface area (Å²) in [5.74, 6) is -1.19. The lowest BCUT2D eigenvalue weighted by molar-refractivity contribution is -0.111. The number of carbonyl (C=O) groups is 1. The molecule has 0 bridgehead atoms. The van der Waals surface area contributed by atoms with Crippen molar-refractivity contribution in [2.75, 3.05) is 12.4 Å². The standard InChI is InChI=1S/C20H16N2O4S/c1-22-20(24)18(19(23)21-14-8-3-2-4-9-14)17-15-10-6-5-7-13(15)11-12-16(17)27(22,25)26/h2-12,24H,1H3,(H,21,23). The van der Waals surface area contributed by atoms with E-state index in [4.69, 9.17) is 0 Å². The van der Waals surface area contributed by atoms with Crippen molar-refractivity contribution in [3.63, 3.8) is 0 Å². The van der Waals surface area contributed by atoms with E-state index in [-0.39, 0.29) is 16.0 Å². The van der Waals surface area contributed by atoms with Crippen LogP contribution in [0.5, 0.6) is 0 Å². The first-order valence-electron chi connectivity index (χ1n) is 8.22. The monoisotopic (exact) mass is 380 g/mol. The molecule has 2 N–H and O–H groups in total. The topological polar surface area (TPSA) is 86.7 Å². The Morgan fingerprint density at radius 1 is 0.963 bits per heavy atom. The van der Waals surface area contributed by atoms with Crippen molar-refractivity contribution in [3.8, 4) is 0 Å². The summed E-state index contributed by atoms with van der Waals surface area (Å²) in [5, 5.41) is 14.7. The highest BCUT2D eigenvalue weighted by Crippen LogP contribution is 2.39. The number of carbonyl (C=O) groups excluding carboxylic acids is 1. The molecule has 0 fully saturated rings. The molecule has 0 atom stereocenters. The minimum absolute atomic E-state index is 0.0142. The normalized spacial score (nSPS) is 15.5. The largest absolute Gasteiger partial charge is 0.493 e. The van der Waals surface area contributed by atoms with Gasteiger partial charge in [-0.2, -0.15) is 0 Å². The smallest absolute Gasteiger partial charge is 0.267 e. The van der Waals surface area contributed by atoms with Crippen LogP contribution in [-0.2, 0) is 14.8 Å². The van der Waals surface area contributed by atoms with Gasteiger partial charge in [-0.1, -0.05) is 48.5 Å². The van der Waals surface area contributed by atoms with Crippen LogP contribution < -0.4 is 5.32 Å². The van der Waals surface area contributed by atoms with E-state index < -0.39 is 21.8 Å². The second-order valence-electron chi connectivity index (χ2n) is 6.15. The highest BCUT2D eigenvalue weighted by atomic mass is 32.2. The lowest BCUT2D eigenvalue weighted by Gasteiger charge is -2.28. The molecule has 1 heterocycles. The molecule has 3 aromatic rings. The number of aliphatic hydroxyl groups excluding tert-OH is 1. The van der Waals surface area contributed by atoms with Gasteiger partial charge in [-0.05, 0) is 29.0 Å². The van der Waals surface area contributed by atoms with Crippen LogP contribution in [0, 0.1) is 0 Å². The summed E-state index contributed by atoms with van der Waals surface area (Å²) in [4.78, 5) is 13.0. The molecule has 7 heteroatoms. The SMILES string of the molecule is CN1C(O)=C(C(=O)Nc2ccccc2)c2c(ccc3ccccc23)S1(=O)=O. The Morgan fingerprint density at radius 2 is 1.63 bits per heavy atom. The fraction of sp³-hybridized carbons (Fsp3) is 0.0500. The molecule has 0 aromatic heterocycles. The van der Waals surface area contributed by atoms with Gasteiger partial charge in [-0.25, -0.2) is 12.7 Å². The van der Waals surface area contributed by atoms with E-state index in [1.54, 1.807) is 42.5 Å². The maximum atomic E-state index is 13.0. The molecule has 0 unspecified atom stereocenters. The summed E-state index contributed by atoms with van der Waals surface area (Å²) in [5.41, 5.74) is 0.667. The zero-order chi connectivity index (χ0) is 19.2. The number of anilines is 1. The number of sulfonamides is 1. The van der Waals surface area contributed by atoms with E-state index in [0.29, 0.717) is 11.1 Å². The van der Waals surface area contributed by atoms with Crippen molar-refractivity contribution in [1.29, 1.82) is 0 Å². The lowest BCUT2D eigenvalue weighted by Crippen LogP contribution is -2.34. The van der Waals surface area contributed by atoms with E-state index in [2.05, 4.69) is 5.32 Å². The summed E-state index contributed by atoms with van der Waals surface area (Å²) in [7, 11) is -2.73. The lowest BCUT2D eigenvalue weighted by atomic mass is 9.97. The first kappa shape index (κ1) is 17.1. The maximum absolute atomic E-state index is 13.0. The van der Waals surface area contributed by atoms with Gasteiger partial charge in [0.15, 0.2) is 0 Å². The van der Waals surface area contributed by atoms with Crippen molar-refractivity contribution < 1.29 is 18.3 Å². The van der Waals surface area contributed by atoms with Crippen LogP contribution in [0.15, 0.2) is 77.5 Å². The first-order chi connectivity index (χ1) is 12.9. The Bertz CT molecular complexity index is 1200. The number of aliphatic hydroxyl groups is 1. The van der Waals surface area contributed by atoms with Gasteiger partial charge in [0.2, 0.25) is 5.88 Å². The molecule has 6 nitrogen and oxygen atoms in total.